The van der Waals surface area contributed by atoms with Gasteiger partial charge < -0.3 is 10.2 Å². The van der Waals surface area contributed by atoms with Gasteiger partial charge in [0, 0.05) is 25.7 Å². The second-order valence-electron chi connectivity index (χ2n) is 6.39. The third-order valence-electron chi connectivity index (χ3n) is 4.66. The van der Waals surface area contributed by atoms with Crippen molar-refractivity contribution in [2.24, 2.45) is 7.05 Å². The number of aromatic nitrogens is 2. The Morgan fingerprint density at radius 1 is 1.12 bits per heavy atom. The maximum atomic E-state index is 12.8. The van der Waals surface area contributed by atoms with Crippen LogP contribution in [0, 0.1) is 0 Å². The number of hydrogen-bond donors (Lipinski definition) is 1. The predicted octanol–water partition coefficient (Wildman–Crippen LogP) is 2.86. The molecule has 0 radical (unpaired) electrons. The zero-order valence-corrected chi connectivity index (χ0v) is 14.8. The molecule has 1 saturated heterocycles. The van der Waals surface area contributed by atoms with E-state index >= 15 is 0 Å². The summed E-state index contributed by atoms with van der Waals surface area (Å²) in [5.41, 5.74) is 2.64. The summed E-state index contributed by atoms with van der Waals surface area (Å²) in [5.74, 6) is -0.306. The van der Waals surface area contributed by atoms with Gasteiger partial charge in [-0.3, -0.25) is 14.3 Å². The van der Waals surface area contributed by atoms with Gasteiger partial charge in [-0.05, 0) is 43.4 Å². The molecule has 1 aromatic heterocycles. The smallest absolute Gasteiger partial charge is 0.274 e. The highest BCUT2D eigenvalue weighted by atomic mass is 16.2. The SMILES string of the molecule is CCc1ccc(C(=O)Nc2cnn(C)c2C(=O)N2CCCCC2)cc1. The van der Waals surface area contributed by atoms with Gasteiger partial charge in [0.1, 0.15) is 5.69 Å². The highest BCUT2D eigenvalue weighted by Gasteiger charge is 2.25. The van der Waals surface area contributed by atoms with E-state index in [-0.39, 0.29) is 11.8 Å². The minimum Gasteiger partial charge on any atom is -0.337 e. The number of benzene rings is 1. The second kappa shape index (κ2) is 7.51. The van der Waals surface area contributed by atoms with Crippen LogP contribution < -0.4 is 5.32 Å². The van der Waals surface area contributed by atoms with Gasteiger partial charge in [0.2, 0.25) is 0 Å². The van der Waals surface area contributed by atoms with E-state index in [9.17, 15) is 9.59 Å². The van der Waals surface area contributed by atoms with Crippen molar-refractivity contribution in [3.05, 3.63) is 47.3 Å². The Balaban J connectivity index is 1.78. The van der Waals surface area contributed by atoms with E-state index in [1.165, 1.54) is 16.4 Å². The van der Waals surface area contributed by atoms with Crippen LogP contribution in [0.2, 0.25) is 0 Å². The molecule has 6 heteroatoms. The summed E-state index contributed by atoms with van der Waals surface area (Å²) in [6.07, 6.45) is 5.67. The third-order valence-corrected chi connectivity index (χ3v) is 4.66. The molecule has 3 rings (SSSR count). The lowest BCUT2D eigenvalue weighted by molar-refractivity contribution is 0.0714. The Labute approximate surface area is 147 Å². The fourth-order valence-electron chi connectivity index (χ4n) is 3.12. The number of rotatable bonds is 4. The lowest BCUT2D eigenvalue weighted by Crippen LogP contribution is -2.37. The van der Waals surface area contributed by atoms with Gasteiger partial charge in [0.15, 0.2) is 0 Å². The molecule has 0 saturated carbocycles. The normalized spacial score (nSPS) is 14.4. The number of nitrogens with zero attached hydrogens (tertiary/aromatic N) is 3. The first-order valence-corrected chi connectivity index (χ1v) is 8.81. The average Bonchev–Trinajstić information content (AvgIpc) is 3.02. The quantitative estimate of drug-likeness (QED) is 0.930. The van der Waals surface area contributed by atoms with E-state index < -0.39 is 0 Å². The molecule has 1 aromatic carbocycles. The first kappa shape index (κ1) is 17.2. The van der Waals surface area contributed by atoms with Gasteiger partial charge in [-0.1, -0.05) is 19.1 Å². The molecule has 2 amide bonds. The number of carbonyl (C=O) groups is 2. The number of anilines is 1. The molecule has 0 spiro atoms. The van der Waals surface area contributed by atoms with Gasteiger partial charge in [-0.25, -0.2) is 0 Å². The molecule has 6 nitrogen and oxygen atoms in total. The molecule has 0 bridgehead atoms. The first-order chi connectivity index (χ1) is 12.1. The van der Waals surface area contributed by atoms with E-state index in [1.807, 2.05) is 17.0 Å². The highest BCUT2D eigenvalue weighted by Crippen LogP contribution is 2.20. The molecule has 2 aromatic rings. The molecule has 132 valence electrons. The van der Waals surface area contributed by atoms with E-state index in [1.54, 1.807) is 19.2 Å². The standard InChI is InChI=1S/C19H24N4O2/c1-3-14-7-9-15(10-8-14)18(24)21-16-13-20-22(2)17(16)19(25)23-11-5-4-6-12-23/h7-10,13H,3-6,11-12H2,1-2H3,(H,21,24). The average molecular weight is 340 g/mol. The summed E-state index contributed by atoms with van der Waals surface area (Å²) in [6.45, 7) is 3.59. The zero-order valence-electron chi connectivity index (χ0n) is 14.8. The molecule has 2 heterocycles. The van der Waals surface area contributed by atoms with Crippen LogP contribution in [-0.4, -0.2) is 39.6 Å². The minimum absolute atomic E-state index is 0.0728. The lowest BCUT2D eigenvalue weighted by Gasteiger charge is -2.27. The van der Waals surface area contributed by atoms with Gasteiger partial charge in [-0.2, -0.15) is 5.10 Å². The Hall–Kier alpha value is -2.63. The summed E-state index contributed by atoms with van der Waals surface area (Å²) >= 11 is 0. The van der Waals surface area contributed by atoms with Crippen LogP contribution in [0.25, 0.3) is 0 Å². The summed E-state index contributed by atoms with van der Waals surface area (Å²) in [6, 6.07) is 7.49. The van der Waals surface area contributed by atoms with Gasteiger partial charge in [0.05, 0.1) is 11.9 Å². The summed E-state index contributed by atoms with van der Waals surface area (Å²) in [5, 5.41) is 7.00. The lowest BCUT2D eigenvalue weighted by atomic mass is 10.1. The van der Waals surface area contributed by atoms with Crippen molar-refractivity contribution < 1.29 is 9.59 Å². The number of carbonyl (C=O) groups excluding carboxylic acids is 2. The molecule has 1 aliphatic rings. The van der Waals surface area contributed by atoms with Crippen molar-refractivity contribution in [1.82, 2.24) is 14.7 Å². The molecule has 1 fully saturated rings. The number of likely N-dealkylation sites (tertiary alicyclic amines) is 1. The number of piperidine rings is 1. The van der Waals surface area contributed by atoms with Crippen LogP contribution in [0.3, 0.4) is 0 Å². The fourth-order valence-corrected chi connectivity index (χ4v) is 3.12. The third kappa shape index (κ3) is 3.73. The van der Waals surface area contributed by atoms with Crippen LogP contribution in [0.15, 0.2) is 30.5 Å². The first-order valence-electron chi connectivity index (χ1n) is 8.81. The van der Waals surface area contributed by atoms with Crippen LogP contribution in [0.4, 0.5) is 5.69 Å². The van der Waals surface area contributed by atoms with E-state index in [0.29, 0.717) is 16.9 Å². The Bertz CT molecular complexity index is 758. The summed E-state index contributed by atoms with van der Waals surface area (Å²) in [7, 11) is 1.73. The maximum absolute atomic E-state index is 12.8. The van der Waals surface area contributed by atoms with E-state index in [2.05, 4.69) is 17.3 Å². The fraction of sp³-hybridized carbons (Fsp3) is 0.421. The van der Waals surface area contributed by atoms with Gasteiger partial charge in [-0.15, -0.1) is 0 Å². The largest absolute Gasteiger partial charge is 0.337 e. The number of nitrogens with one attached hydrogen (secondary N) is 1. The van der Waals surface area contributed by atoms with Crippen molar-refractivity contribution >= 4 is 17.5 Å². The topological polar surface area (TPSA) is 67.2 Å². The summed E-state index contributed by atoms with van der Waals surface area (Å²) in [4.78, 5) is 27.2. The Morgan fingerprint density at radius 3 is 2.44 bits per heavy atom. The number of amides is 2. The molecule has 25 heavy (non-hydrogen) atoms. The molecule has 1 aliphatic heterocycles. The van der Waals surface area contributed by atoms with Crippen molar-refractivity contribution in [1.29, 1.82) is 0 Å². The van der Waals surface area contributed by atoms with Crippen LogP contribution >= 0.6 is 0 Å². The van der Waals surface area contributed by atoms with Crippen molar-refractivity contribution in [3.63, 3.8) is 0 Å². The summed E-state index contributed by atoms with van der Waals surface area (Å²) < 4.78 is 1.53. The Kier molecular flexibility index (Phi) is 5.16. The van der Waals surface area contributed by atoms with E-state index in [4.69, 9.17) is 0 Å². The van der Waals surface area contributed by atoms with Crippen molar-refractivity contribution in [2.45, 2.75) is 32.6 Å². The zero-order chi connectivity index (χ0) is 17.8. The van der Waals surface area contributed by atoms with Gasteiger partial charge in [0.25, 0.3) is 11.8 Å². The number of hydrogen-bond acceptors (Lipinski definition) is 3. The molecule has 1 N–H and O–H groups in total. The van der Waals surface area contributed by atoms with Crippen molar-refractivity contribution in [2.75, 3.05) is 18.4 Å². The maximum Gasteiger partial charge on any atom is 0.274 e. The molecule has 0 aliphatic carbocycles. The monoisotopic (exact) mass is 340 g/mol. The Morgan fingerprint density at radius 2 is 1.80 bits per heavy atom. The van der Waals surface area contributed by atoms with Crippen LogP contribution in [0.1, 0.15) is 52.6 Å². The van der Waals surface area contributed by atoms with E-state index in [0.717, 1.165) is 38.8 Å². The minimum atomic E-state index is -0.233. The molecular weight excluding hydrogens is 316 g/mol. The molecule has 0 unspecified atom stereocenters. The number of aryl methyl sites for hydroxylation is 2. The highest BCUT2D eigenvalue weighted by molar-refractivity contribution is 6.08. The van der Waals surface area contributed by atoms with Crippen LogP contribution in [-0.2, 0) is 13.5 Å². The predicted molar refractivity (Wildman–Crippen MR) is 96.7 cm³/mol. The molecule has 0 atom stereocenters. The van der Waals surface area contributed by atoms with Crippen molar-refractivity contribution in [3.8, 4) is 0 Å². The second-order valence-corrected chi connectivity index (χ2v) is 6.39. The van der Waals surface area contributed by atoms with Crippen LogP contribution in [0.5, 0.6) is 0 Å². The van der Waals surface area contributed by atoms with Gasteiger partial charge >= 0.3 is 0 Å². The molecular formula is C19H24N4O2.